The van der Waals surface area contributed by atoms with Gasteiger partial charge in [-0.3, -0.25) is 9.59 Å². The van der Waals surface area contributed by atoms with Gasteiger partial charge >= 0.3 is 0 Å². The van der Waals surface area contributed by atoms with E-state index in [0.717, 1.165) is 24.0 Å². The van der Waals surface area contributed by atoms with Crippen LogP contribution in [-0.4, -0.2) is 57.7 Å². The minimum atomic E-state index is -0.357. The minimum Gasteiger partial charge on any atom is -0.493 e. The number of ether oxygens (including phenoxy) is 3. The van der Waals surface area contributed by atoms with Crippen molar-refractivity contribution in [1.82, 2.24) is 10.2 Å². The average Bonchev–Trinajstić information content (AvgIpc) is 3.29. The Morgan fingerprint density at radius 3 is 2.24 bits per heavy atom. The van der Waals surface area contributed by atoms with Crippen LogP contribution in [0, 0.1) is 5.92 Å². The summed E-state index contributed by atoms with van der Waals surface area (Å²) in [6.07, 6.45) is 2.24. The lowest BCUT2D eigenvalue weighted by Gasteiger charge is -2.21. The first kappa shape index (κ1) is 24.4. The van der Waals surface area contributed by atoms with Crippen LogP contribution in [0.3, 0.4) is 0 Å². The molecule has 0 aromatic heterocycles. The molecule has 1 aliphatic heterocycles. The maximum Gasteiger partial charge on any atom is 0.227 e. The van der Waals surface area contributed by atoms with Crippen LogP contribution in [0.25, 0.3) is 0 Å². The van der Waals surface area contributed by atoms with Crippen molar-refractivity contribution in [3.8, 4) is 17.2 Å². The van der Waals surface area contributed by atoms with Crippen LogP contribution in [0.5, 0.6) is 17.2 Å². The molecule has 2 amide bonds. The molecule has 2 aromatic rings. The lowest BCUT2D eigenvalue weighted by atomic mass is 9.88. The second-order valence-corrected chi connectivity index (χ2v) is 8.28. The summed E-state index contributed by atoms with van der Waals surface area (Å²) in [6, 6.07) is 13.4. The predicted octanol–water partition coefficient (Wildman–Crippen LogP) is 3.41. The number of likely N-dealkylation sites (tertiary alicyclic amines) is 1. The lowest BCUT2D eigenvalue weighted by Crippen LogP contribution is -2.36. The first-order valence-electron chi connectivity index (χ1n) is 11.4. The fourth-order valence-corrected chi connectivity index (χ4v) is 4.33. The Hall–Kier alpha value is -3.22. The van der Waals surface area contributed by atoms with E-state index in [0.29, 0.717) is 43.3 Å². The van der Waals surface area contributed by atoms with Gasteiger partial charge in [-0.25, -0.2) is 0 Å². The Labute approximate surface area is 196 Å². The molecule has 0 bridgehead atoms. The predicted molar refractivity (Wildman–Crippen MR) is 127 cm³/mol. The number of carbonyl (C=O) groups excluding carboxylic acids is 2. The zero-order chi connectivity index (χ0) is 23.8. The molecule has 0 aliphatic carbocycles. The van der Waals surface area contributed by atoms with E-state index < -0.39 is 0 Å². The van der Waals surface area contributed by atoms with Crippen molar-refractivity contribution in [2.75, 3.05) is 41.0 Å². The number of amides is 2. The lowest BCUT2D eigenvalue weighted by molar-refractivity contribution is -0.130. The van der Waals surface area contributed by atoms with E-state index in [1.807, 2.05) is 42.5 Å². The van der Waals surface area contributed by atoms with Crippen LogP contribution < -0.4 is 19.5 Å². The highest BCUT2D eigenvalue weighted by Gasteiger charge is 2.41. The molecule has 1 heterocycles. The van der Waals surface area contributed by atoms with Gasteiger partial charge in [0.2, 0.25) is 17.6 Å². The third-order valence-electron chi connectivity index (χ3n) is 6.15. The number of methoxy groups -OCH3 is 3. The van der Waals surface area contributed by atoms with Gasteiger partial charge in [-0.05, 0) is 29.7 Å². The standard InChI is InChI=1S/C26H34N2O5/c1-5-6-12-27-26(30)21-17-28(24(29)13-18-10-8-7-9-11-18)16-20(21)19-14-22(31-2)25(33-4)23(15-19)32-3/h7-11,14-15,20-21H,5-6,12-13,16-17H2,1-4H3,(H,27,30)/t20-,21-/m1/s1. The summed E-state index contributed by atoms with van der Waals surface area (Å²) >= 11 is 0. The Bertz CT molecular complexity index is 922. The van der Waals surface area contributed by atoms with Crippen LogP contribution in [0.1, 0.15) is 36.8 Å². The Kier molecular flexibility index (Phi) is 8.58. The summed E-state index contributed by atoms with van der Waals surface area (Å²) in [5.41, 5.74) is 1.85. The SMILES string of the molecule is CCCCNC(=O)[C@@H]1CN(C(=O)Cc2ccccc2)C[C@@H]1c1cc(OC)c(OC)c(OC)c1. The Balaban J connectivity index is 1.89. The maximum atomic E-state index is 13.1. The van der Waals surface area contributed by atoms with E-state index in [1.165, 1.54) is 0 Å². The van der Waals surface area contributed by atoms with Crippen LogP contribution in [0.15, 0.2) is 42.5 Å². The smallest absolute Gasteiger partial charge is 0.227 e. The van der Waals surface area contributed by atoms with Crippen LogP contribution in [0.4, 0.5) is 0 Å². The number of unbranched alkanes of at least 4 members (excludes halogenated alkanes) is 1. The van der Waals surface area contributed by atoms with Crippen LogP contribution >= 0.6 is 0 Å². The van der Waals surface area contributed by atoms with Crippen molar-refractivity contribution in [2.45, 2.75) is 32.1 Å². The van der Waals surface area contributed by atoms with Gasteiger partial charge < -0.3 is 24.4 Å². The Morgan fingerprint density at radius 1 is 1.00 bits per heavy atom. The average molecular weight is 455 g/mol. The molecule has 2 atom stereocenters. The molecule has 2 aromatic carbocycles. The second kappa shape index (κ2) is 11.6. The normalized spacial score (nSPS) is 17.5. The molecule has 1 saturated heterocycles. The Morgan fingerprint density at radius 2 is 1.67 bits per heavy atom. The molecule has 1 N–H and O–H groups in total. The number of rotatable bonds is 10. The van der Waals surface area contributed by atoms with E-state index in [1.54, 1.807) is 26.2 Å². The van der Waals surface area contributed by atoms with Gasteiger partial charge in [0.15, 0.2) is 11.5 Å². The molecule has 0 spiro atoms. The maximum absolute atomic E-state index is 13.1. The van der Waals surface area contributed by atoms with Crippen molar-refractivity contribution in [1.29, 1.82) is 0 Å². The van der Waals surface area contributed by atoms with Gasteiger partial charge in [0.1, 0.15) is 0 Å². The van der Waals surface area contributed by atoms with Gasteiger partial charge in [0.05, 0.1) is 33.7 Å². The quantitative estimate of drug-likeness (QED) is 0.557. The topological polar surface area (TPSA) is 77.1 Å². The van der Waals surface area contributed by atoms with Crippen molar-refractivity contribution in [3.63, 3.8) is 0 Å². The third-order valence-corrected chi connectivity index (χ3v) is 6.15. The van der Waals surface area contributed by atoms with E-state index >= 15 is 0 Å². The number of nitrogens with one attached hydrogen (secondary N) is 1. The molecular formula is C26H34N2O5. The number of benzene rings is 2. The zero-order valence-electron chi connectivity index (χ0n) is 19.9. The molecule has 33 heavy (non-hydrogen) atoms. The number of hydrogen-bond donors (Lipinski definition) is 1. The fourth-order valence-electron chi connectivity index (χ4n) is 4.33. The van der Waals surface area contributed by atoms with E-state index in [2.05, 4.69) is 12.2 Å². The highest BCUT2D eigenvalue weighted by atomic mass is 16.5. The van der Waals surface area contributed by atoms with E-state index in [-0.39, 0.29) is 23.7 Å². The largest absolute Gasteiger partial charge is 0.493 e. The number of carbonyl (C=O) groups is 2. The summed E-state index contributed by atoms with van der Waals surface area (Å²) in [4.78, 5) is 28.0. The molecule has 178 valence electrons. The minimum absolute atomic E-state index is 0.0162. The van der Waals surface area contributed by atoms with Crippen molar-refractivity contribution in [3.05, 3.63) is 53.6 Å². The molecule has 0 radical (unpaired) electrons. The first-order valence-corrected chi connectivity index (χ1v) is 11.4. The molecule has 1 aliphatic rings. The molecule has 3 rings (SSSR count). The molecule has 7 heteroatoms. The fraction of sp³-hybridized carbons (Fsp3) is 0.462. The van der Waals surface area contributed by atoms with E-state index in [4.69, 9.17) is 14.2 Å². The summed E-state index contributed by atoms with van der Waals surface area (Å²) in [5, 5.41) is 3.05. The summed E-state index contributed by atoms with van der Waals surface area (Å²) < 4.78 is 16.5. The summed E-state index contributed by atoms with van der Waals surface area (Å²) in [5.74, 6) is 1.02. The summed E-state index contributed by atoms with van der Waals surface area (Å²) in [7, 11) is 4.70. The molecule has 7 nitrogen and oxygen atoms in total. The van der Waals surface area contributed by atoms with Crippen molar-refractivity contribution in [2.24, 2.45) is 5.92 Å². The highest BCUT2D eigenvalue weighted by molar-refractivity contribution is 5.84. The van der Waals surface area contributed by atoms with Gasteiger partial charge in [-0.15, -0.1) is 0 Å². The van der Waals surface area contributed by atoms with Crippen molar-refractivity contribution >= 4 is 11.8 Å². The van der Waals surface area contributed by atoms with Gasteiger partial charge in [-0.1, -0.05) is 43.7 Å². The molecular weight excluding hydrogens is 420 g/mol. The number of hydrogen-bond acceptors (Lipinski definition) is 5. The molecule has 1 fully saturated rings. The van der Waals surface area contributed by atoms with Crippen LogP contribution in [0.2, 0.25) is 0 Å². The third kappa shape index (κ3) is 5.78. The monoisotopic (exact) mass is 454 g/mol. The van der Waals surface area contributed by atoms with Crippen molar-refractivity contribution < 1.29 is 23.8 Å². The van der Waals surface area contributed by atoms with Gasteiger partial charge in [-0.2, -0.15) is 0 Å². The summed E-state index contributed by atoms with van der Waals surface area (Å²) in [6.45, 7) is 3.55. The van der Waals surface area contributed by atoms with E-state index in [9.17, 15) is 9.59 Å². The molecule has 0 saturated carbocycles. The number of nitrogens with zero attached hydrogens (tertiary/aromatic N) is 1. The van der Waals surface area contributed by atoms with Crippen LogP contribution in [-0.2, 0) is 16.0 Å². The first-order chi connectivity index (χ1) is 16.0. The second-order valence-electron chi connectivity index (χ2n) is 8.28. The van der Waals surface area contributed by atoms with Gasteiger partial charge in [0.25, 0.3) is 0 Å². The van der Waals surface area contributed by atoms with Gasteiger partial charge in [0, 0.05) is 25.6 Å². The molecule has 0 unspecified atom stereocenters. The highest BCUT2D eigenvalue weighted by Crippen LogP contribution is 2.43. The zero-order valence-corrected chi connectivity index (χ0v) is 19.9.